The Labute approximate surface area is 128 Å². The third-order valence-corrected chi connectivity index (χ3v) is 4.74. The van der Waals surface area contributed by atoms with Crippen LogP contribution in [0.15, 0.2) is 35.7 Å². The molecule has 0 amide bonds. The highest BCUT2D eigenvalue weighted by Gasteiger charge is 2.11. The predicted molar refractivity (Wildman–Crippen MR) is 90.5 cm³/mol. The molecule has 0 nitrogen and oxygen atoms in total. The molecule has 0 radical (unpaired) electrons. The van der Waals surface area contributed by atoms with Gasteiger partial charge in [0.1, 0.15) is 0 Å². The average molecular weight is 335 g/mol. The molecule has 0 atom stereocenters. The summed E-state index contributed by atoms with van der Waals surface area (Å²) < 4.78 is 0. The third kappa shape index (κ3) is 3.37. The Balaban J connectivity index is 2.53. The number of aryl methyl sites for hydroxylation is 3. The van der Waals surface area contributed by atoms with Gasteiger partial charge in [0.05, 0.1) is 0 Å². The number of halogens is 1. The second kappa shape index (κ2) is 6.53. The summed E-state index contributed by atoms with van der Waals surface area (Å²) >= 11 is 5.35. The Bertz CT molecular complexity index is 593. The fourth-order valence-corrected chi connectivity index (χ4v) is 3.50. The summed E-state index contributed by atoms with van der Waals surface area (Å²) in [5.74, 6) is 0. The minimum Gasteiger partial charge on any atom is -0.144 e. The van der Waals surface area contributed by atoms with Gasteiger partial charge in [0.25, 0.3) is 0 Å². The molecule has 0 spiro atoms. The van der Waals surface area contributed by atoms with Crippen molar-refractivity contribution in [1.29, 1.82) is 0 Å². The molecule has 2 heteroatoms. The van der Waals surface area contributed by atoms with Crippen molar-refractivity contribution in [3.8, 4) is 0 Å². The van der Waals surface area contributed by atoms with E-state index in [9.17, 15) is 0 Å². The van der Waals surface area contributed by atoms with Gasteiger partial charge in [-0.05, 0) is 60.9 Å². The minimum atomic E-state index is 1.01. The van der Waals surface area contributed by atoms with Gasteiger partial charge in [-0.25, -0.2) is 0 Å². The maximum Gasteiger partial charge on any atom is 0.0374 e. The molecular formula is C17H19BrS. The lowest BCUT2D eigenvalue weighted by Crippen LogP contribution is -1.92. The summed E-state index contributed by atoms with van der Waals surface area (Å²) in [6, 6.07) is 8.92. The highest BCUT2D eigenvalue weighted by Crippen LogP contribution is 2.33. The molecule has 0 aliphatic carbocycles. The number of rotatable bonds is 4. The largest absolute Gasteiger partial charge is 0.144 e. The van der Waals surface area contributed by atoms with E-state index < -0.39 is 0 Å². The van der Waals surface area contributed by atoms with Crippen LogP contribution in [0.4, 0.5) is 0 Å². The molecule has 2 rings (SSSR count). The van der Waals surface area contributed by atoms with Gasteiger partial charge in [0, 0.05) is 10.2 Å². The van der Waals surface area contributed by atoms with Gasteiger partial charge in [0.2, 0.25) is 0 Å². The molecule has 0 saturated heterocycles. The molecular weight excluding hydrogens is 316 g/mol. The summed E-state index contributed by atoms with van der Waals surface area (Å²) in [6.45, 7) is 6.54. The lowest BCUT2D eigenvalue weighted by molar-refractivity contribution is 1.25. The van der Waals surface area contributed by atoms with Crippen molar-refractivity contribution < 1.29 is 0 Å². The topological polar surface area (TPSA) is 0 Å². The zero-order chi connectivity index (χ0) is 13.8. The van der Waals surface area contributed by atoms with Crippen LogP contribution in [0.5, 0.6) is 0 Å². The van der Waals surface area contributed by atoms with Crippen molar-refractivity contribution >= 4 is 32.8 Å². The third-order valence-electron chi connectivity index (χ3n) is 3.24. The van der Waals surface area contributed by atoms with Crippen LogP contribution < -0.4 is 0 Å². The molecule has 0 saturated carbocycles. The van der Waals surface area contributed by atoms with E-state index in [4.69, 9.17) is 0 Å². The van der Waals surface area contributed by atoms with Crippen molar-refractivity contribution in [1.82, 2.24) is 0 Å². The van der Waals surface area contributed by atoms with Crippen LogP contribution in [0.1, 0.15) is 33.6 Å². The van der Waals surface area contributed by atoms with Gasteiger partial charge in [0.15, 0.2) is 0 Å². The van der Waals surface area contributed by atoms with Crippen molar-refractivity contribution in [2.45, 2.75) is 27.2 Å². The lowest BCUT2D eigenvalue weighted by Gasteiger charge is -2.12. The van der Waals surface area contributed by atoms with Crippen molar-refractivity contribution in [3.05, 3.63) is 62.9 Å². The second-order valence-corrected chi connectivity index (χ2v) is 6.56. The summed E-state index contributed by atoms with van der Waals surface area (Å²) in [4.78, 5) is 1.40. The van der Waals surface area contributed by atoms with Gasteiger partial charge >= 0.3 is 0 Å². The summed E-state index contributed by atoms with van der Waals surface area (Å²) in [6.07, 6.45) is 3.41. The van der Waals surface area contributed by atoms with Crippen LogP contribution in [0.3, 0.4) is 0 Å². The van der Waals surface area contributed by atoms with E-state index in [0.717, 1.165) is 11.8 Å². The molecule has 100 valence electrons. The van der Waals surface area contributed by atoms with Gasteiger partial charge in [-0.3, -0.25) is 0 Å². The van der Waals surface area contributed by atoms with Crippen LogP contribution >= 0.6 is 27.3 Å². The van der Waals surface area contributed by atoms with Gasteiger partial charge in [-0.2, -0.15) is 0 Å². The SMILES string of the molecule is Cc1ccc(C(=CCCBr)c2sccc2C)c(C)c1. The molecule has 1 aromatic heterocycles. The Morgan fingerprint density at radius 3 is 2.53 bits per heavy atom. The number of allylic oxidation sites excluding steroid dienone is 1. The number of hydrogen-bond acceptors (Lipinski definition) is 1. The highest BCUT2D eigenvalue weighted by molar-refractivity contribution is 9.09. The Hall–Kier alpha value is -0.860. The van der Waals surface area contributed by atoms with Gasteiger partial charge in [-0.15, -0.1) is 11.3 Å². The van der Waals surface area contributed by atoms with E-state index in [2.05, 4.69) is 72.4 Å². The van der Waals surface area contributed by atoms with Gasteiger partial charge < -0.3 is 0 Å². The van der Waals surface area contributed by atoms with Crippen LogP contribution in [-0.2, 0) is 0 Å². The molecule has 0 aliphatic rings. The summed E-state index contributed by atoms with van der Waals surface area (Å²) in [5.41, 5.74) is 6.78. The van der Waals surface area contributed by atoms with E-state index in [1.165, 1.54) is 32.7 Å². The number of benzene rings is 1. The molecule has 1 heterocycles. The van der Waals surface area contributed by atoms with E-state index in [1.807, 2.05) is 11.3 Å². The number of hydrogen-bond donors (Lipinski definition) is 0. The standard InChI is InChI=1S/C17H19BrS/c1-12-6-7-15(14(3)11-12)16(5-4-9-18)17-13(2)8-10-19-17/h5-8,10-11H,4,9H2,1-3H3. The first-order valence-corrected chi connectivity index (χ1v) is 8.52. The maximum atomic E-state index is 3.52. The van der Waals surface area contributed by atoms with E-state index in [0.29, 0.717) is 0 Å². The van der Waals surface area contributed by atoms with Gasteiger partial charge in [-0.1, -0.05) is 45.8 Å². The molecule has 0 unspecified atom stereocenters. The van der Waals surface area contributed by atoms with Crippen LogP contribution in [0.2, 0.25) is 0 Å². The van der Waals surface area contributed by atoms with Crippen LogP contribution in [0.25, 0.3) is 5.57 Å². The fourth-order valence-electron chi connectivity index (χ4n) is 2.29. The molecule has 0 N–H and O–H groups in total. The predicted octanol–water partition coefficient (Wildman–Crippen LogP) is 5.89. The first-order chi connectivity index (χ1) is 9.13. The first kappa shape index (κ1) is 14.5. The first-order valence-electron chi connectivity index (χ1n) is 6.51. The molecule has 2 aromatic rings. The number of thiophene rings is 1. The van der Waals surface area contributed by atoms with E-state index in [-0.39, 0.29) is 0 Å². The average Bonchev–Trinajstić information content (AvgIpc) is 2.78. The van der Waals surface area contributed by atoms with Crippen molar-refractivity contribution in [2.75, 3.05) is 5.33 Å². The van der Waals surface area contributed by atoms with E-state index >= 15 is 0 Å². The summed E-state index contributed by atoms with van der Waals surface area (Å²) in [5, 5.41) is 3.18. The minimum absolute atomic E-state index is 1.01. The normalized spacial score (nSPS) is 11.9. The highest BCUT2D eigenvalue weighted by atomic mass is 79.9. The zero-order valence-electron chi connectivity index (χ0n) is 11.7. The Morgan fingerprint density at radius 2 is 1.95 bits per heavy atom. The van der Waals surface area contributed by atoms with Crippen LogP contribution in [-0.4, -0.2) is 5.33 Å². The quantitative estimate of drug-likeness (QED) is 0.611. The van der Waals surface area contributed by atoms with Crippen LogP contribution in [0, 0.1) is 20.8 Å². The lowest BCUT2D eigenvalue weighted by atomic mass is 9.95. The molecule has 0 bridgehead atoms. The Morgan fingerprint density at radius 1 is 1.16 bits per heavy atom. The second-order valence-electron chi connectivity index (χ2n) is 4.85. The molecule has 1 aromatic carbocycles. The zero-order valence-corrected chi connectivity index (χ0v) is 14.1. The molecule has 19 heavy (non-hydrogen) atoms. The van der Waals surface area contributed by atoms with Crippen molar-refractivity contribution in [2.24, 2.45) is 0 Å². The fraction of sp³-hybridized carbons (Fsp3) is 0.294. The smallest absolute Gasteiger partial charge is 0.0374 e. The monoisotopic (exact) mass is 334 g/mol. The molecule has 0 aliphatic heterocycles. The van der Waals surface area contributed by atoms with E-state index in [1.54, 1.807) is 0 Å². The summed E-state index contributed by atoms with van der Waals surface area (Å²) in [7, 11) is 0. The molecule has 0 fully saturated rings. The van der Waals surface area contributed by atoms with Crippen molar-refractivity contribution in [3.63, 3.8) is 0 Å². The Kier molecular flexibility index (Phi) is 5.00. The maximum absolute atomic E-state index is 3.52. The number of alkyl halides is 1.